The average Bonchev–Trinajstić information content (AvgIpc) is 2.66. The van der Waals surface area contributed by atoms with Crippen molar-refractivity contribution in [2.45, 2.75) is 12.8 Å². The SMILES string of the molecule is N#CCCN=Cc1ccccc1[O-].N#CCCN=Cc1ccccc1[O-].[Cu+2]. The summed E-state index contributed by atoms with van der Waals surface area (Å²) in [5, 5.41) is 38.7. The van der Waals surface area contributed by atoms with Crippen LogP contribution in [-0.4, -0.2) is 25.5 Å². The molecule has 1 radical (unpaired) electrons. The second kappa shape index (κ2) is 15.2. The zero-order chi connectivity index (χ0) is 19.0. The third-order valence-corrected chi connectivity index (χ3v) is 3.00. The maximum atomic E-state index is 11.1. The molecule has 0 heterocycles. The molecule has 0 saturated carbocycles. The van der Waals surface area contributed by atoms with Crippen molar-refractivity contribution in [2.24, 2.45) is 9.98 Å². The van der Waals surface area contributed by atoms with Gasteiger partial charge in [0.15, 0.2) is 0 Å². The maximum absolute atomic E-state index is 11.1. The number of para-hydroxylation sites is 2. The summed E-state index contributed by atoms with van der Waals surface area (Å²) in [6.07, 6.45) is 3.80. The van der Waals surface area contributed by atoms with Crippen LogP contribution in [-0.2, 0) is 17.1 Å². The van der Waals surface area contributed by atoms with E-state index in [9.17, 15) is 10.2 Å². The van der Waals surface area contributed by atoms with Gasteiger partial charge in [-0.1, -0.05) is 48.5 Å². The number of nitriles is 2. The van der Waals surface area contributed by atoms with E-state index >= 15 is 0 Å². The Labute approximate surface area is 169 Å². The summed E-state index contributed by atoms with van der Waals surface area (Å²) < 4.78 is 0. The summed E-state index contributed by atoms with van der Waals surface area (Å²) in [6, 6.07) is 17.3. The molecule has 0 aliphatic carbocycles. The Kier molecular flexibility index (Phi) is 13.4. The largest absolute Gasteiger partial charge is 2.00 e. The summed E-state index contributed by atoms with van der Waals surface area (Å²) in [7, 11) is 0. The number of nitrogens with zero attached hydrogens (tertiary/aromatic N) is 4. The molecule has 0 aliphatic rings. The van der Waals surface area contributed by atoms with E-state index in [2.05, 4.69) is 9.98 Å². The second-order valence-electron chi connectivity index (χ2n) is 4.96. The molecule has 0 amide bonds. The Morgan fingerprint density at radius 2 is 1.11 bits per heavy atom. The molecule has 6 nitrogen and oxygen atoms in total. The van der Waals surface area contributed by atoms with Crippen molar-refractivity contribution in [1.82, 2.24) is 0 Å². The van der Waals surface area contributed by atoms with Gasteiger partial charge in [-0.15, -0.1) is 11.5 Å². The summed E-state index contributed by atoms with van der Waals surface area (Å²) in [5.74, 6) is -0.0774. The number of hydrogen-bond donors (Lipinski definition) is 0. The van der Waals surface area contributed by atoms with Crippen LogP contribution < -0.4 is 10.2 Å². The fraction of sp³-hybridized carbons (Fsp3) is 0.200. The van der Waals surface area contributed by atoms with Gasteiger partial charge in [-0.2, -0.15) is 10.5 Å². The van der Waals surface area contributed by atoms with Gasteiger partial charge >= 0.3 is 17.1 Å². The molecule has 0 saturated heterocycles. The molecule has 7 heteroatoms. The molecule has 2 aromatic carbocycles. The summed E-state index contributed by atoms with van der Waals surface area (Å²) in [6.45, 7) is 0.898. The van der Waals surface area contributed by atoms with E-state index in [0.717, 1.165) is 0 Å². The number of aliphatic imine (C=N–C) groups is 2. The normalized spacial score (nSPS) is 9.70. The maximum Gasteiger partial charge on any atom is 2.00 e. The van der Waals surface area contributed by atoms with Crippen LogP contribution in [0.4, 0.5) is 0 Å². The van der Waals surface area contributed by atoms with E-state index in [0.29, 0.717) is 37.1 Å². The van der Waals surface area contributed by atoms with Crippen molar-refractivity contribution in [3.05, 3.63) is 59.7 Å². The molecule has 0 aromatic heterocycles. The molecular formula is C20H18CuN4O2. The van der Waals surface area contributed by atoms with Crippen LogP contribution in [0, 0.1) is 22.7 Å². The van der Waals surface area contributed by atoms with Crippen molar-refractivity contribution >= 4 is 12.4 Å². The van der Waals surface area contributed by atoms with Crippen LogP contribution >= 0.6 is 0 Å². The van der Waals surface area contributed by atoms with E-state index in [1.807, 2.05) is 12.1 Å². The minimum Gasteiger partial charge on any atom is -0.872 e. The summed E-state index contributed by atoms with van der Waals surface area (Å²) >= 11 is 0. The quantitative estimate of drug-likeness (QED) is 0.412. The second-order valence-corrected chi connectivity index (χ2v) is 4.96. The Bertz CT molecular complexity index is 754. The molecule has 0 atom stereocenters. The average molecular weight is 410 g/mol. The topological polar surface area (TPSA) is 118 Å². The van der Waals surface area contributed by atoms with Gasteiger partial charge in [-0.3, -0.25) is 9.98 Å². The molecule has 0 unspecified atom stereocenters. The van der Waals surface area contributed by atoms with Gasteiger partial charge in [0.25, 0.3) is 0 Å². The molecular weight excluding hydrogens is 392 g/mol. The minimum atomic E-state index is -0.0387. The van der Waals surface area contributed by atoms with E-state index in [1.165, 1.54) is 24.6 Å². The summed E-state index contributed by atoms with van der Waals surface area (Å²) in [5.41, 5.74) is 1.14. The third kappa shape index (κ3) is 10.5. The first-order chi connectivity index (χ1) is 12.7. The van der Waals surface area contributed by atoms with E-state index in [1.54, 1.807) is 36.4 Å². The van der Waals surface area contributed by atoms with Crippen LogP contribution in [0.5, 0.6) is 11.5 Å². The van der Waals surface area contributed by atoms with Gasteiger partial charge in [0, 0.05) is 12.4 Å². The van der Waals surface area contributed by atoms with Gasteiger partial charge in [-0.25, -0.2) is 0 Å². The van der Waals surface area contributed by atoms with Crippen molar-refractivity contribution in [2.75, 3.05) is 13.1 Å². The Morgan fingerprint density at radius 3 is 1.44 bits per heavy atom. The first-order valence-electron chi connectivity index (χ1n) is 7.94. The van der Waals surface area contributed by atoms with Gasteiger partial charge in [0.05, 0.1) is 38.1 Å². The molecule has 2 rings (SSSR count). The third-order valence-electron chi connectivity index (χ3n) is 3.00. The molecule has 0 spiro atoms. The van der Waals surface area contributed by atoms with Crippen molar-refractivity contribution in [3.63, 3.8) is 0 Å². The molecule has 0 N–H and O–H groups in total. The van der Waals surface area contributed by atoms with Crippen LogP contribution in [0.1, 0.15) is 24.0 Å². The van der Waals surface area contributed by atoms with E-state index < -0.39 is 0 Å². The van der Waals surface area contributed by atoms with Gasteiger partial charge in [0.1, 0.15) is 0 Å². The molecule has 0 bridgehead atoms. The summed E-state index contributed by atoms with van der Waals surface area (Å²) in [4.78, 5) is 7.89. The van der Waals surface area contributed by atoms with Crippen molar-refractivity contribution in [1.29, 1.82) is 10.5 Å². The van der Waals surface area contributed by atoms with Gasteiger partial charge in [0.2, 0.25) is 0 Å². The van der Waals surface area contributed by atoms with Gasteiger partial charge in [-0.05, 0) is 11.1 Å². The van der Waals surface area contributed by atoms with E-state index in [-0.39, 0.29) is 28.6 Å². The Hall–Kier alpha value is -3.12. The fourth-order valence-electron chi connectivity index (χ4n) is 1.73. The van der Waals surface area contributed by atoms with Crippen LogP contribution in [0.25, 0.3) is 0 Å². The first kappa shape index (κ1) is 23.9. The first-order valence-corrected chi connectivity index (χ1v) is 7.94. The van der Waals surface area contributed by atoms with Crippen LogP contribution in [0.2, 0.25) is 0 Å². The zero-order valence-corrected chi connectivity index (χ0v) is 15.5. The van der Waals surface area contributed by atoms with Crippen molar-refractivity contribution < 1.29 is 27.3 Å². The molecule has 0 fully saturated rings. The molecule has 141 valence electrons. The van der Waals surface area contributed by atoms with Crippen molar-refractivity contribution in [3.8, 4) is 23.6 Å². The Morgan fingerprint density at radius 1 is 0.741 bits per heavy atom. The predicted octanol–water partition coefficient (Wildman–Crippen LogP) is 2.18. The Balaban J connectivity index is 0.000000483. The van der Waals surface area contributed by atoms with E-state index in [4.69, 9.17) is 10.5 Å². The zero-order valence-electron chi connectivity index (χ0n) is 14.5. The molecule has 0 aliphatic heterocycles. The number of benzene rings is 2. The minimum absolute atomic E-state index is 0. The number of hydrogen-bond acceptors (Lipinski definition) is 6. The van der Waals surface area contributed by atoms with Crippen LogP contribution in [0.3, 0.4) is 0 Å². The number of rotatable bonds is 6. The smallest absolute Gasteiger partial charge is 0.872 e. The molecule has 27 heavy (non-hydrogen) atoms. The fourth-order valence-corrected chi connectivity index (χ4v) is 1.73. The van der Waals surface area contributed by atoms with Crippen LogP contribution in [0.15, 0.2) is 58.5 Å². The predicted molar refractivity (Wildman–Crippen MR) is 97.2 cm³/mol. The van der Waals surface area contributed by atoms with Gasteiger partial charge < -0.3 is 10.2 Å². The monoisotopic (exact) mass is 409 g/mol. The molecule has 2 aromatic rings. The standard InChI is InChI=1S/2C10H10N2O.Cu/c2*11-6-3-7-12-8-9-4-1-2-5-10(9)13;/h2*1-2,4-5,8,13H,3,7H2;/q;;+2/p-2.